The number of hydrogen-bond donors (Lipinski definition) is 0. The van der Waals surface area contributed by atoms with Crippen LogP contribution >= 0.6 is 0 Å². The average Bonchev–Trinajstić information content (AvgIpc) is 2.27. The van der Waals surface area contributed by atoms with Gasteiger partial charge in [-0.2, -0.15) is 13.2 Å². The molecule has 0 aromatic heterocycles. The van der Waals surface area contributed by atoms with Crippen molar-refractivity contribution in [3.63, 3.8) is 0 Å². The Morgan fingerprint density at radius 1 is 1.41 bits per heavy atom. The van der Waals surface area contributed by atoms with Gasteiger partial charge in [-0.3, -0.25) is 4.79 Å². The Hall–Kier alpha value is -1.72. The number of carbonyl (C=O) groups is 1. The number of amides is 1. The second-order valence-corrected chi connectivity index (χ2v) is 3.51. The molecule has 3 nitrogen and oxygen atoms in total. The number of alkyl halides is 3. The maximum atomic E-state index is 12.1. The van der Waals surface area contributed by atoms with E-state index >= 15 is 0 Å². The van der Waals surface area contributed by atoms with Crippen LogP contribution in [0.4, 0.5) is 13.2 Å². The van der Waals surface area contributed by atoms with Gasteiger partial charge < -0.3 is 9.64 Å². The van der Waals surface area contributed by atoms with Crippen LogP contribution in [0.5, 0.6) is 5.75 Å². The summed E-state index contributed by atoms with van der Waals surface area (Å²) in [5, 5.41) is 0. The van der Waals surface area contributed by atoms with Crippen molar-refractivity contribution in [1.82, 2.24) is 4.90 Å². The van der Waals surface area contributed by atoms with E-state index in [9.17, 15) is 18.0 Å². The van der Waals surface area contributed by atoms with E-state index in [4.69, 9.17) is 4.74 Å². The lowest BCUT2D eigenvalue weighted by Gasteiger charge is -2.18. The predicted molar refractivity (Wildman–Crippen MR) is 55.5 cm³/mol. The first-order valence-electron chi connectivity index (χ1n) is 4.80. The van der Waals surface area contributed by atoms with E-state index in [1.165, 1.54) is 7.11 Å². The van der Waals surface area contributed by atoms with Gasteiger partial charge in [0.1, 0.15) is 5.75 Å². The molecular formula is C11H12F3NO2. The van der Waals surface area contributed by atoms with Crippen LogP contribution in [-0.4, -0.2) is 31.1 Å². The first-order chi connectivity index (χ1) is 7.84. The lowest BCUT2D eigenvalue weighted by molar-refractivity contribution is -0.184. The largest absolute Gasteiger partial charge is 0.497 e. The first-order valence-corrected chi connectivity index (χ1v) is 4.80. The molecule has 0 bridgehead atoms. The Kier molecular flexibility index (Phi) is 3.98. The summed E-state index contributed by atoms with van der Waals surface area (Å²) in [6, 6.07) is 6.54. The third kappa shape index (κ3) is 3.65. The van der Waals surface area contributed by atoms with Gasteiger partial charge in [-0.15, -0.1) is 0 Å². The molecule has 0 saturated heterocycles. The summed E-state index contributed by atoms with van der Waals surface area (Å²) in [4.78, 5) is 11.5. The Morgan fingerprint density at radius 2 is 2.06 bits per heavy atom. The standard InChI is InChI=1S/C11H12F3NO2/c1-15(10(16)11(12,13)14)7-8-4-3-5-9(6-8)17-2/h3-6H,7H2,1-2H3. The zero-order chi connectivity index (χ0) is 13.1. The number of rotatable bonds is 3. The summed E-state index contributed by atoms with van der Waals surface area (Å²) in [6.07, 6.45) is -4.84. The van der Waals surface area contributed by atoms with Crippen molar-refractivity contribution in [3.05, 3.63) is 29.8 Å². The maximum Gasteiger partial charge on any atom is 0.471 e. The van der Waals surface area contributed by atoms with Crippen LogP contribution in [0.2, 0.25) is 0 Å². The van der Waals surface area contributed by atoms with E-state index in [0.717, 1.165) is 7.05 Å². The molecule has 6 heteroatoms. The molecule has 1 aromatic carbocycles. The topological polar surface area (TPSA) is 29.5 Å². The molecule has 17 heavy (non-hydrogen) atoms. The van der Waals surface area contributed by atoms with Crippen molar-refractivity contribution < 1.29 is 22.7 Å². The molecular weight excluding hydrogens is 235 g/mol. The highest BCUT2D eigenvalue weighted by Crippen LogP contribution is 2.20. The highest BCUT2D eigenvalue weighted by atomic mass is 19.4. The van der Waals surface area contributed by atoms with Crippen molar-refractivity contribution >= 4 is 5.91 Å². The van der Waals surface area contributed by atoms with Gasteiger partial charge in [0, 0.05) is 13.6 Å². The zero-order valence-electron chi connectivity index (χ0n) is 9.41. The summed E-state index contributed by atoms with van der Waals surface area (Å²) < 4.78 is 41.3. The first kappa shape index (κ1) is 13.3. The fourth-order valence-corrected chi connectivity index (χ4v) is 1.33. The Morgan fingerprint density at radius 3 is 2.59 bits per heavy atom. The van der Waals surface area contributed by atoms with E-state index in [2.05, 4.69) is 0 Å². The van der Waals surface area contributed by atoms with Gasteiger partial charge in [-0.25, -0.2) is 0 Å². The summed E-state index contributed by atoms with van der Waals surface area (Å²) >= 11 is 0. The molecule has 0 unspecified atom stereocenters. The molecule has 0 atom stereocenters. The lowest BCUT2D eigenvalue weighted by atomic mass is 10.2. The number of ether oxygens (including phenoxy) is 1. The van der Waals surface area contributed by atoms with Crippen LogP contribution in [-0.2, 0) is 11.3 Å². The third-order valence-corrected chi connectivity index (χ3v) is 2.14. The molecule has 0 aliphatic carbocycles. The fraction of sp³-hybridized carbons (Fsp3) is 0.364. The molecule has 0 aliphatic rings. The summed E-state index contributed by atoms with van der Waals surface area (Å²) in [5.41, 5.74) is 0.574. The third-order valence-electron chi connectivity index (χ3n) is 2.14. The van der Waals surface area contributed by atoms with Crippen molar-refractivity contribution in [2.24, 2.45) is 0 Å². The molecule has 0 radical (unpaired) electrons. The van der Waals surface area contributed by atoms with Crippen molar-refractivity contribution in [2.45, 2.75) is 12.7 Å². The molecule has 1 rings (SSSR count). The monoisotopic (exact) mass is 247 g/mol. The van der Waals surface area contributed by atoms with Crippen molar-refractivity contribution in [2.75, 3.05) is 14.2 Å². The molecule has 1 amide bonds. The Bertz CT molecular complexity index is 404. The fourth-order valence-electron chi connectivity index (χ4n) is 1.33. The smallest absolute Gasteiger partial charge is 0.471 e. The lowest BCUT2D eigenvalue weighted by Crippen LogP contribution is -2.37. The van der Waals surface area contributed by atoms with Gasteiger partial charge in [0.15, 0.2) is 0 Å². The molecule has 0 saturated carbocycles. The van der Waals surface area contributed by atoms with Crippen LogP contribution in [0.15, 0.2) is 24.3 Å². The molecule has 94 valence electrons. The predicted octanol–water partition coefficient (Wildman–Crippen LogP) is 2.22. The SMILES string of the molecule is COc1cccc(CN(C)C(=O)C(F)(F)F)c1. The number of nitrogens with zero attached hydrogens (tertiary/aromatic N) is 1. The average molecular weight is 247 g/mol. The van der Waals surface area contributed by atoms with Gasteiger partial charge in [-0.1, -0.05) is 12.1 Å². The minimum atomic E-state index is -4.84. The van der Waals surface area contributed by atoms with E-state index in [0.29, 0.717) is 16.2 Å². The van der Waals surface area contributed by atoms with Crippen LogP contribution in [0.25, 0.3) is 0 Å². The Balaban J connectivity index is 2.74. The number of hydrogen-bond acceptors (Lipinski definition) is 2. The van der Waals surface area contributed by atoms with E-state index in [1.54, 1.807) is 24.3 Å². The van der Waals surface area contributed by atoms with Gasteiger partial charge in [-0.05, 0) is 17.7 Å². The number of carbonyl (C=O) groups excluding carboxylic acids is 1. The highest BCUT2D eigenvalue weighted by Gasteiger charge is 2.41. The summed E-state index contributed by atoms with van der Waals surface area (Å²) in [6.45, 7) is -0.116. The molecule has 0 heterocycles. The Labute approximate surface area is 96.8 Å². The van der Waals surface area contributed by atoms with E-state index in [-0.39, 0.29) is 6.54 Å². The highest BCUT2D eigenvalue weighted by molar-refractivity contribution is 5.81. The zero-order valence-corrected chi connectivity index (χ0v) is 9.41. The number of benzene rings is 1. The molecule has 0 spiro atoms. The van der Waals surface area contributed by atoms with Gasteiger partial charge in [0.2, 0.25) is 0 Å². The van der Waals surface area contributed by atoms with Crippen LogP contribution in [0.1, 0.15) is 5.56 Å². The number of methoxy groups -OCH3 is 1. The molecule has 0 N–H and O–H groups in total. The van der Waals surface area contributed by atoms with Crippen LogP contribution in [0, 0.1) is 0 Å². The summed E-state index contributed by atoms with van der Waals surface area (Å²) in [5.74, 6) is -1.32. The van der Waals surface area contributed by atoms with E-state index < -0.39 is 12.1 Å². The van der Waals surface area contributed by atoms with Crippen molar-refractivity contribution in [3.8, 4) is 5.75 Å². The molecule has 1 aromatic rings. The minimum Gasteiger partial charge on any atom is -0.497 e. The van der Waals surface area contributed by atoms with Crippen LogP contribution in [0.3, 0.4) is 0 Å². The van der Waals surface area contributed by atoms with Crippen LogP contribution < -0.4 is 4.74 Å². The van der Waals surface area contributed by atoms with Gasteiger partial charge in [0.05, 0.1) is 7.11 Å². The second-order valence-electron chi connectivity index (χ2n) is 3.51. The maximum absolute atomic E-state index is 12.1. The van der Waals surface area contributed by atoms with Gasteiger partial charge >= 0.3 is 12.1 Å². The van der Waals surface area contributed by atoms with E-state index in [1.807, 2.05) is 0 Å². The van der Waals surface area contributed by atoms with Gasteiger partial charge in [0.25, 0.3) is 0 Å². The number of halogens is 3. The molecule has 0 fully saturated rings. The second kappa shape index (κ2) is 5.07. The molecule has 0 aliphatic heterocycles. The minimum absolute atomic E-state index is 0.116. The van der Waals surface area contributed by atoms with Crippen molar-refractivity contribution in [1.29, 1.82) is 0 Å². The quantitative estimate of drug-likeness (QED) is 0.819. The normalized spacial score (nSPS) is 11.1. The summed E-state index contributed by atoms with van der Waals surface area (Å²) in [7, 11) is 2.57.